The van der Waals surface area contributed by atoms with Gasteiger partial charge in [0.15, 0.2) is 0 Å². The number of carboxylic acid groups (broad SMARTS) is 1. The van der Waals surface area contributed by atoms with Crippen LogP contribution in [0.15, 0.2) is 48.5 Å². The minimum atomic E-state index is -4.55. The molecule has 0 saturated heterocycles. The van der Waals surface area contributed by atoms with Gasteiger partial charge in [-0.2, -0.15) is 13.2 Å². The number of carbonyl (C=O) groups is 1. The molecule has 1 N–H and O–H groups in total. The molecule has 1 heterocycles. The highest BCUT2D eigenvalue weighted by molar-refractivity contribution is 5.86. The van der Waals surface area contributed by atoms with E-state index in [4.69, 9.17) is 14.6 Å². The number of hydrogen-bond donors (Lipinski definition) is 1. The number of pyridine rings is 1. The van der Waals surface area contributed by atoms with Gasteiger partial charge in [0.1, 0.15) is 23.8 Å². The molecule has 3 aromatic rings. The number of aliphatic carboxylic acids is 1. The Morgan fingerprint density at radius 3 is 2.38 bits per heavy atom. The fraction of sp³-hybridized carbons (Fsp3) is 0.385. The second-order valence-corrected chi connectivity index (χ2v) is 8.09. The maximum Gasteiger partial charge on any atom is 0.433 e. The van der Waals surface area contributed by atoms with Crippen LogP contribution in [0.3, 0.4) is 0 Å². The Hall–Kier alpha value is -3.29. The summed E-state index contributed by atoms with van der Waals surface area (Å²) in [6, 6.07) is 13.5. The lowest BCUT2D eigenvalue weighted by atomic mass is 10.1. The fourth-order valence-electron chi connectivity index (χ4n) is 3.45. The van der Waals surface area contributed by atoms with Gasteiger partial charge in [-0.25, -0.2) is 4.98 Å². The summed E-state index contributed by atoms with van der Waals surface area (Å²) < 4.78 is 51.3. The van der Waals surface area contributed by atoms with Crippen LogP contribution in [0.5, 0.6) is 11.5 Å². The standard InChI is InChI=1S/C26H28F3NO4/c1-2-3-14-33-23-16-24(26(27,28)29)30-22-13-10-19(15-21(22)23)17-34-20-11-8-18(9-12-20)6-4-5-7-25(31)32/h8-13,15-16H,2-7,14,17H2,1H3,(H,31,32). The van der Waals surface area contributed by atoms with Crippen LogP contribution in [-0.2, 0) is 24.0 Å². The number of hydrogen-bond acceptors (Lipinski definition) is 4. The summed E-state index contributed by atoms with van der Waals surface area (Å²) in [4.78, 5) is 14.3. The van der Waals surface area contributed by atoms with E-state index >= 15 is 0 Å². The van der Waals surface area contributed by atoms with Crippen LogP contribution in [0.25, 0.3) is 10.9 Å². The zero-order valence-electron chi connectivity index (χ0n) is 19.0. The molecule has 0 bridgehead atoms. The average Bonchev–Trinajstić information content (AvgIpc) is 2.80. The molecule has 1 aromatic heterocycles. The van der Waals surface area contributed by atoms with Crippen LogP contribution >= 0.6 is 0 Å². The molecule has 0 unspecified atom stereocenters. The normalized spacial score (nSPS) is 11.5. The summed E-state index contributed by atoms with van der Waals surface area (Å²) in [6.07, 6.45) is -0.535. The monoisotopic (exact) mass is 475 g/mol. The van der Waals surface area contributed by atoms with Gasteiger partial charge in [-0.15, -0.1) is 0 Å². The lowest BCUT2D eigenvalue weighted by Crippen LogP contribution is -2.09. The first-order valence-electron chi connectivity index (χ1n) is 11.3. The van der Waals surface area contributed by atoms with Crippen molar-refractivity contribution in [2.75, 3.05) is 6.61 Å². The molecule has 0 radical (unpaired) electrons. The molecular weight excluding hydrogens is 447 g/mol. The van der Waals surface area contributed by atoms with Gasteiger partial charge in [-0.05, 0) is 61.1 Å². The lowest BCUT2D eigenvalue weighted by Gasteiger charge is -2.14. The molecule has 2 aromatic carbocycles. The van der Waals surface area contributed by atoms with Crippen molar-refractivity contribution in [3.05, 3.63) is 65.4 Å². The van der Waals surface area contributed by atoms with Gasteiger partial charge in [0.25, 0.3) is 0 Å². The van der Waals surface area contributed by atoms with Crippen molar-refractivity contribution in [3.8, 4) is 11.5 Å². The Kier molecular flexibility index (Phi) is 8.73. The number of aromatic nitrogens is 1. The molecule has 0 fully saturated rings. The molecule has 0 saturated carbocycles. The molecule has 0 aliphatic rings. The van der Waals surface area contributed by atoms with Gasteiger partial charge >= 0.3 is 12.1 Å². The Labute approximate surface area is 196 Å². The topological polar surface area (TPSA) is 68.7 Å². The number of unbranched alkanes of at least 4 members (excludes halogenated alkanes) is 2. The third-order valence-electron chi connectivity index (χ3n) is 5.32. The molecule has 0 aliphatic heterocycles. The maximum absolute atomic E-state index is 13.3. The van der Waals surface area contributed by atoms with Crippen LogP contribution in [-0.4, -0.2) is 22.7 Å². The molecular formula is C26H28F3NO4. The van der Waals surface area contributed by atoms with Gasteiger partial charge in [0.2, 0.25) is 0 Å². The Balaban J connectivity index is 1.68. The summed E-state index contributed by atoms with van der Waals surface area (Å²) in [5.74, 6) is 0.0490. The van der Waals surface area contributed by atoms with E-state index in [0.29, 0.717) is 24.2 Å². The lowest BCUT2D eigenvalue weighted by molar-refractivity contribution is -0.141. The summed E-state index contributed by atoms with van der Waals surface area (Å²) in [6.45, 7) is 2.55. The number of benzene rings is 2. The van der Waals surface area contributed by atoms with E-state index < -0.39 is 17.8 Å². The van der Waals surface area contributed by atoms with Crippen LogP contribution in [0.4, 0.5) is 13.2 Å². The summed E-state index contributed by atoms with van der Waals surface area (Å²) in [5, 5.41) is 9.21. The summed E-state index contributed by atoms with van der Waals surface area (Å²) in [7, 11) is 0. The highest BCUT2D eigenvalue weighted by Gasteiger charge is 2.33. The number of alkyl halides is 3. The zero-order valence-corrected chi connectivity index (χ0v) is 19.0. The average molecular weight is 476 g/mol. The molecule has 3 rings (SSSR count). The second kappa shape index (κ2) is 11.7. The van der Waals surface area contributed by atoms with Crippen LogP contribution in [0.2, 0.25) is 0 Å². The zero-order chi connectivity index (χ0) is 24.6. The van der Waals surface area contributed by atoms with Crippen LogP contribution in [0, 0.1) is 0 Å². The molecule has 5 nitrogen and oxygen atoms in total. The molecule has 0 spiro atoms. The van der Waals surface area contributed by atoms with Gasteiger partial charge in [-0.1, -0.05) is 31.5 Å². The number of fused-ring (bicyclic) bond motifs is 1. The van der Waals surface area contributed by atoms with Gasteiger partial charge < -0.3 is 14.6 Å². The highest BCUT2D eigenvalue weighted by atomic mass is 19.4. The molecule has 0 atom stereocenters. The first-order valence-corrected chi connectivity index (χ1v) is 11.3. The minimum absolute atomic E-state index is 0.167. The fourth-order valence-corrected chi connectivity index (χ4v) is 3.45. The largest absolute Gasteiger partial charge is 0.493 e. The summed E-state index contributed by atoms with van der Waals surface area (Å²) >= 11 is 0. The molecule has 182 valence electrons. The Morgan fingerprint density at radius 2 is 1.71 bits per heavy atom. The smallest absolute Gasteiger partial charge is 0.433 e. The predicted octanol–water partition coefficient (Wildman–Crippen LogP) is 6.81. The predicted molar refractivity (Wildman–Crippen MR) is 123 cm³/mol. The van der Waals surface area contributed by atoms with Crippen molar-refractivity contribution in [2.24, 2.45) is 0 Å². The van der Waals surface area contributed by atoms with Crippen LogP contribution < -0.4 is 9.47 Å². The second-order valence-electron chi connectivity index (χ2n) is 8.09. The Morgan fingerprint density at radius 1 is 0.971 bits per heavy atom. The van der Waals surface area contributed by atoms with E-state index in [1.165, 1.54) is 0 Å². The number of rotatable bonds is 12. The van der Waals surface area contributed by atoms with Crippen LogP contribution in [0.1, 0.15) is 55.8 Å². The number of halogens is 3. The Bertz CT molecular complexity index is 1100. The first kappa shape index (κ1) is 25.3. The van der Waals surface area contributed by atoms with Gasteiger partial charge in [0, 0.05) is 17.9 Å². The summed E-state index contributed by atoms with van der Waals surface area (Å²) in [5.41, 5.74) is 1.13. The van der Waals surface area contributed by atoms with Crippen molar-refractivity contribution in [1.82, 2.24) is 4.98 Å². The number of aryl methyl sites for hydroxylation is 1. The van der Waals surface area contributed by atoms with Crippen molar-refractivity contribution < 1.29 is 32.5 Å². The van der Waals surface area contributed by atoms with E-state index in [2.05, 4.69) is 4.98 Å². The minimum Gasteiger partial charge on any atom is -0.493 e. The molecule has 0 aliphatic carbocycles. The maximum atomic E-state index is 13.3. The van der Waals surface area contributed by atoms with Crippen molar-refractivity contribution in [1.29, 1.82) is 0 Å². The number of nitrogens with zero attached hydrogens (tertiary/aromatic N) is 1. The van der Waals surface area contributed by atoms with E-state index in [0.717, 1.165) is 42.9 Å². The van der Waals surface area contributed by atoms with E-state index in [-0.39, 0.29) is 24.3 Å². The SMILES string of the molecule is CCCCOc1cc(C(F)(F)F)nc2ccc(COc3ccc(CCCCC(=O)O)cc3)cc12. The number of carboxylic acids is 1. The van der Waals surface area contributed by atoms with Gasteiger partial charge in [0.05, 0.1) is 12.1 Å². The van der Waals surface area contributed by atoms with E-state index in [9.17, 15) is 18.0 Å². The van der Waals surface area contributed by atoms with Crippen molar-refractivity contribution >= 4 is 16.9 Å². The van der Waals surface area contributed by atoms with Crippen molar-refractivity contribution in [2.45, 2.75) is 58.2 Å². The first-order chi connectivity index (χ1) is 16.3. The highest BCUT2D eigenvalue weighted by Crippen LogP contribution is 2.35. The quantitative estimate of drug-likeness (QED) is 0.292. The third-order valence-corrected chi connectivity index (χ3v) is 5.32. The van der Waals surface area contributed by atoms with Gasteiger partial charge in [-0.3, -0.25) is 4.79 Å². The molecule has 0 amide bonds. The third kappa shape index (κ3) is 7.37. The van der Waals surface area contributed by atoms with E-state index in [1.807, 2.05) is 31.2 Å². The van der Waals surface area contributed by atoms with Crippen molar-refractivity contribution in [3.63, 3.8) is 0 Å². The molecule has 8 heteroatoms. The van der Waals surface area contributed by atoms with E-state index in [1.54, 1.807) is 18.2 Å². The number of ether oxygens (including phenoxy) is 2. The molecule has 34 heavy (non-hydrogen) atoms.